The first-order chi connectivity index (χ1) is 13.0. The molecule has 0 heteroatoms. The lowest BCUT2D eigenvalue weighted by atomic mass is 9.75. The topological polar surface area (TPSA) is 0 Å². The molecule has 0 aromatic heterocycles. The zero-order chi connectivity index (χ0) is 19.2. The number of fused-ring (bicyclic) bond motifs is 2. The number of hydrogen-bond acceptors (Lipinski definition) is 0. The molecule has 3 aromatic carbocycles. The second-order valence-corrected chi connectivity index (χ2v) is 7.84. The maximum absolute atomic E-state index is 4.17. The van der Waals surface area contributed by atoms with Gasteiger partial charge in [0.1, 0.15) is 0 Å². The molecule has 0 spiro atoms. The number of benzene rings is 3. The van der Waals surface area contributed by atoms with Gasteiger partial charge in [0.15, 0.2) is 0 Å². The normalized spacial score (nSPS) is 15.9. The van der Waals surface area contributed by atoms with Gasteiger partial charge in [-0.1, -0.05) is 93.2 Å². The Bertz CT molecular complexity index is 1120. The molecule has 0 nitrogen and oxygen atoms in total. The highest BCUT2D eigenvalue weighted by Gasteiger charge is 2.38. The van der Waals surface area contributed by atoms with Crippen molar-refractivity contribution in [1.82, 2.24) is 0 Å². The summed E-state index contributed by atoms with van der Waals surface area (Å²) in [6.07, 6.45) is 4.31. The van der Waals surface area contributed by atoms with Crippen LogP contribution in [-0.4, -0.2) is 0 Å². The quantitative estimate of drug-likeness (QED) is 0.459. The van der Waals surface area contributed by atoms with Crippen molar-refractivity contribution in [2.75, 3.05) is 0 Å². The van der Waals surface area contributed by atoms with Crippen LogP contribution in [0.15, 0.2) is 85.0 Å². The minimum Gasteiger partial charge on any atom is -0.0984 e. The first-order valence-electron chi connectivity index (χ1n) is 9.63. The lowest BCUT2D eigenvalue weighted by Gasteiger charge is -2.28. The van der Waals surface area contributed by atoms with Crippen molar-refractivity contribution in [3.63, 3.8) is 0 Å². The van der Waals surface area contributed by atoms with Crippen molar-refractivity contribution in [1.29, 1.82) is 0 Å². The van der Waals surface area contributed by atoms with E-state index in [1.807, 2.05) is 6.08 Å². The third-order valence-corrected chi connectivity index (χ3v) is 5.95. The molecule has 1 aliphatic carbocycles. The van der Waals surface area contributed by atoms with E-state index < -0.39 is 0 Å². The van der Waals surface area contributed by atoms with Gasteiger partial charge in [-0.2, -0.15) is 0 Å². The third kappa shape index (κ3) is 2.51. The Labute approximate surface area is 162 Å². The van der Waals surface area contributed by atoms with Crippen molar-refractivity contribution < 1.29 is 0 Å². The van der Waals surface area contributed by atoms with E-state index in [9.17, 15) is 0 Å². The van der Waals surface area contributed by atoms with Crippen LogP contribution in [0.5, 0.6) is 0 Å². The molecule has 0 saturated carbocycles. The monoisotopic (exact) mass is 350 g/mol. The van der Waals surface area contributed by atoms with E-state index in [0.717, 1.165) is 0 Å². The van der Waals surface area contributed by atoms with E-state index in [2.05, 4.69) is 101 Å². The maximum Gasteiger partial charge on any atom is 0.0164 e. The SMILES string of the molecule is C=CC1=C(/C(=C\C)c2c(C)ccc3ccccc23)C(C)(C)c2ccccc21. The molecule has 3 aromatic rings. The molecule has 0 atom stereocenters. The fraction of sp³-hybridized carbons (Fsp3) is 0.185. The van der Waals surface area contributed by atoms with E-state index >= 15 is 0 Å². The first-order valence-corrected chi connectivity index (χ1v) is 9.63. The van der Waals surface area contributed by atoms with Gasteiger partial charge in [0.25, 0.3) is 0 Å². The molecular weight excluding hydrogens is 324 g/mol. The van der Waals surface area contributed by atoms with Gasteiger partial charge in [0, 0.05) is 5.41 Å². The molecule has 0 N–H and O–H groups in total. The van der Waals surface area contributed by atoms with Gasteiger partial charge >= 0.3 is 0 Å². The van der Waals surface area contributed by atoms with E-state index in [-0.39, 0.29) is 5.41 Å². The van der Waals surface area contributed by atoms with Crippen molar-refractivity contribution in [3.8, 4) is 0 Å². The van der Waals surface area contributed by atoms with Crippen molar-refractivity contribution in [2.24, 2.45) is 0 Å². The van der Waals surface area contributed by atoms with Crippen molar-refractivity contribution in [3.05, 3.63) is 107 Å². The average molecular weight is 351 g/mol. The van der Waals surface area contributed by atoms with Crippen LogP contribution < -0.4 is 0 Å². The molecule has 0 amide bonds. The molecule has 1 aliphatic rings. The molecule has 27 heavy (non-hydrogen) atoms. The molecule has 0 aliphatic heterocycles. The molecule has 0 heterocycles. The highest BCUT2D eigenvalue weighted by Crippen LogP contribution is 2.52. The van der Waals surface area contributed by atoms with Gasteiger partial charge in [0.05, 0.1) is 0 Å². The van der Waals surface area contributed by atoms with Gasteiger partial charge in [-0.15, -0.1) is 0 Å². The number of allylic oxidation sites excluding steroid dienone is 5. The zero-order valence-corrected chi connectivity index (χ0v) is 16.6. The molecule has 4 rings (SSSR count). The van der Waals surface area contributed by atoms with Gasteiger partial charge in [-0.3, -0.25) is 0 Å². The summed E-state index contributed by atoms with van der Waals surface area (Å²) in [7, 11) is 0. The van der Waals surface area contributed by atoms with Crippen LogP contribution >= 0.6 is 0 Å². The Morgan fingerprint density at radius 2 is 1.63 bits per heavy atom. The molecule has 0 bridgehead atoms. The Morgan fingerprint density at radius 1 is 0.926 bits per heavy atom. The molecule has 134 valence electrons. The van der Waals surface area contributed by atoms with Crippen LogP contribution in [0.4, 0.5) is 0 Å². The molecule has 0 unspecified atom stereocenters. The summed E-state index contributed by atoms with van der Waals surface area (Å²) in [4.78, 5) is 0. The summed E-state index contributed by atoms with van der Waals surface area (Å²) in [6, 6.07) is 21.9. The Hall–Kier alpha value is -2.86. The van der Waals surface area contributed by atoms with E-state index in [0.29, 0.717) is 0 Å². The van der Waals surface area contributed by atoms with Crippen LogP contribution in [0.2, 0.25) is 0 Å². The second kappa shape index (κ2) is 6.39. The van der Waals surface area contributed by atoms with Crippen LogP contribution in [0.1, 0.15) is 43.0 Å². The van der Waals surface area contributed by atoms with Gasteiger partial charge in [-0.05, 0) is 63.6 Å². The minimum absolute atomic E-state index is 0.0641. The predicted molar refractivity (Wildman–Crippen MR) is 119 cm³/mol. The molecule has 0 fully saturated rings. The molecule has 0 radical (unpaired) electrons. The summed E-state index contributed by atoms with van der Waals surface area (Å²) >= 11 is 0. The Kier molecular flexibility index (Phi) is 4.15. The summed E-state index contributed by atoms with van der Waals surface area (Å²) in [5.41, 5.74) is 9.23. The molecule has 0 saturated heterocycles. The lowest BCUT2D eigenvalue weighted by Crippen LogP contribution is -2.18. The van der Waals surface area contributed by atoms with Crippen molar-refractivity contribution >= 4 is 21.9 Å². The smallest absolute Gasteiger partial charge is 0.0164 e. The maximum atomic E-state index is 4.17. The van der Waals surface area contributed by atoms with Crippen LogP contribution in [0, 0.1) is 6.92 Å². The van der Waals surface area contributed by atoms with E-state index in [1.165, 1.54) is 49.7 Å². The summed E-state index contributed by atoms with van der Waals surface area (Å²) in [6.45, 7) is 13.2. The predicted octanol–water partition coefficient (Wildman–Crippen LogP) is 7.48. The highest BCUT2D eigenvalue weighted by molar-refractivity contribution is 6.05. The number of hydrogen-bond donors (Lipinski definition) is 0. The standard InChI is InChI=1S/C27H26/c1-6-20-23-14-10-11-15-24(23)27(4,5)26(20)21(7-2)25-18(3)16-17-19-12-8-9-13-22(19)25/h6-17H,1H2,2-5H3/b21-7-. The summed E-state index contributed by atoms with van der Waals surface area (Å²) in [5.74, 6) is 0. The van der Waals surface area contributed by atoms with E-state index in [4.69, 9.17) is 0 Å². The van der Waals surface area contributed by atoms with Crippen LogP contribution in [0.3, 0.4) is 0 Å². The van der Waals surface area contributed by atoms with Crippen molar-refractivity contribution in [2.45, 2.75) is 33.1 Å². The first kappa shape index (κ1) is 17.5. The highest BCUT2D eigenvalue weighted by atomic mass is 14.4. The van der Waals surface area contributed by atoms with Gasteiger partial charge in [-0.25, -0.2) is 0 Å². The summed E-state index contributed by atoms with van der Waals surface area (Å²) < 4.78 is 0. The van der Waals surface area contributed by atoms with Crippen LogP contribution in [-0.2, 0) is 5.41 Å². The zero-order valence-electron chi connectivity index (χ0n) is 16.6. The van der Waals surface area contributed by atoms with Gasteiger partial charge < -0.3 is 0 Å². The minimum atomic E-state index is -0.0641. The van der Waals surface area contributed by atoms with Crippen LogP contribution in [0.25, 0.3) is 21.9 Å². The van der Waals surface area contributed by atoms with E-state index in [1.54, 1.807) is 0 Å². The Balaban J connectivity index is 2.06. The number of rotatable bonds is 3. The average Bonchev–Trinajstić information content (AvgIpc) is 2.91. The second-order valence-electron chi connectivity index (χ2n) is 7.84. The largest absolute Gasteiger partial charge is 0.0984 e. The number of aryl methyl sites for hydroxylation is 1. The third-order valence-electron chi connectivity index (χ3n) is 5.95. The Morgan fingerprint density at radius 3 is 2.37 bits per heavy atom. The lowest BCUT2D eigenvalue weighted by molar-refractivity contribution is 0.658. The molecular formula is C27H26. The summed E-state index contributed by atoms with van der Waals surface area (Å²) in [5, 5.41) is 2.60. The fourth-order valence-corrected chi connectivity index (χ4v) is 4.71. The fourth-order valence-electron chi connectivity index (χ4n) is 4.71. The van der Waals surface area contributed by atoms with Gasteiger partial charge in [0.2, 0.25) is 0 Å².